The van der Waals surface area contributed by atoms with E-state index in [-0.39, 0.29) is 18.0 Å². The van der Waals surface area contributed by atoms with Crippen LogP contribution in [-0.4, -0.2) is 17.6 Å². The van der Waals surface area contributed by atoms with E-state index in [0.29, 0.717) is 15.9 Å². The van der Waals surface area contributed by atoms with Crippen LogP contribution in [-0.2, 0) is 11.3 Å². The second-order valence-electron chi connectivity index (χ2n) is 4.04. The number of carbonyl (C=O) groups is 1. The van der Waals surface area contributed by atoms with Gasteiger partial charge in [0, 0.05) is 6.20 Å². The van der Waals surface area contributed by atoms with E-state index in [4.69, 9.17) is 4.74 Å². The Bertz CT molecular complexity index is 682. The molecule has 0 spiro atoms. The molecule has 104 valence electrons. The number of anilines is 1. The van der Waals surface area contributed by atoms with Crippen LogP contribution in [0.4, 0.5) is 5.69 Å². The predicted octanol–water partition coefficient (Wildman–Crippen LogP) is 2.26. The highest BCUT2D eigenvalue weighted by Gasteiger charge is 2.09. The molecule has 1 amide bonds. The van der Waals surface area contributed by atoms with Gasteiger partial charge in [0.1, 0.15) is 12.3 Å². The highest BCUT2D eigenvalue weighted by atomic mass is 79.9. The zero-order chi connectivity index (χ0) is 14.5. The van der Waals surface area contributed by atoms with Gasteiger partial charge in [0.2, 0.25) is 5.91 Å². The number of aromatic nitrogens is 1. The van der Waals surface area contributed by atoms with Crippen molar-refractivity contribution in [3.05, 3.63) is 57.4 Å². The number of methoxy groups -OCH3 is 1. The van der Waals surface area contributed by atoms with Crippen molar-refractivity contribution >= 4 is 27.5 Å². The molecule has 6 heteroatoms. The van der Waals surface area contributed by atoms with Gasteiger partial charge in [-0.15, -0.1) is 0 Å². The number of ether oxygens (including phenoxy) is 1. The van der Waals surface area contributed by atoms with E-state index in [9.17, 15) is 9.59 Å². The minimum atomic E-state index is -0.297. The normalized spacial score (nSPS) is 10.1. The van der Waals surface area contributed by atoms with E-state index < -0.39 is 0 Å². The van der Waals surface area contributed by atoms with Gasteiger partial charge < -0.3 is 14.6 Å². The molecule has 0 aliphatic heterocycles. The molecule has 1 N–H and O–H groups in total. The predicted molar refractivity (Wildman–Crippen MR) is 80.0 cm³/mol. The second kappa shape index (κ2) is 6.38. The summed E-state index contributed by atoms with van der Waals surface area (Å²) in [6.07, 6.45) is 1.56. The summed E-state index contributed by atoms with van der Waals surface area (Å²) in [4.78, 5) is 23.8. The molecule has 0 saturated heterocycles. The highest BCUT2D eigenvalue weighted by Crippen LogP contribution is 2.22. The van der Waals surface area contributed by atoms with Crippen molar-refractivity contribution in [2.45, 2.75) is 6.54 Å². The minimum Gasteiger partial charge on any atom is -0.495 e. The van der Waals surface area contributed by atoms with Crippen molar-refractivity contribution in [3.63, 3.8) is 0 Å². The third-order valence-electron chi connectivity index (χ3n) is 2.67. The van der Waals surface area contributed by atoms with Gasteiger partial charge in [0.25, 0.3) is 5.56 Å². The summed E-state index contributed by atoms with van der Waals surface area (Å²) < 4.78 is 6.90. The average Bonchev–Trinajstić information content (AvgIpc) is 2.44. The molecule has 0 unspecified atom stereocenters. The third kappa shape index (κ3) is 3.27. The van der Waals surface area contributed by atoms with Crippen molar-refractivity contribution in [2.24, 2.45) is 0 Å². The fraction of sp³-hybridized carbons (Fsp3) is 0.143. The van der Waals surface area contributed by atoms with Gasteiger partial charge in [-0.25, -0.2) is 0 Å². The number of halogens is 1. The van der Waals surface area contributed by atoms with Crippen LogP contribution in [0, 0.1) is 0 Å². The minimum absolute atomic E-state index is 0.0592. The second-order valence-corrected chi connectivity index (χ2v) is 4.89. The lowest BCUT2D eigenvalue weighted by Gasteiger charge is -2.10. The molecule has 2 aromatic rings. The topological polar surface area (TPSA) is 60.3 Å². The van der Waals surface area contributed by atoms with Crippen molar-refractivity contribution in [1.82, 2.24) is 4.57 Å². The summed E-state index contributed by atoms with van der Waals surface area (Å²) in [7, 11) is 1.53. The maximum absolute atomic E-state index is 12.0. The summed E-state index contributed by atoms with van der Waals surface area (Å²) in [5, 5.41) is 2.72. The molecule has 0 bridgehead atoms. The van der Waals surface area contributed by atoms with E-state index in [1.807, 2.05) is 6.07 Å². The summed E-state index contributed by atoms with van der Waals surface area (Å²) in [5.74, 6) is 0.275. The first kappa shape index (κ1) is 14.3. The van der Waals surface area contributed by atoms with Crippen LogP contribution >= 0.6 is 15.9 Å². The van der Waals surface area contributed by atoms with Crippen LogP contribution in [0.5, 0.6) is 5.75 Å². The lowest BCUT2D eigenvalue weighted by Crippen LogP contribution is -2.27. The number of hydrogen-bond acceptors (Lipinski definition) is 3. The lowest BCUT2D eigenvalue weighted by atomic mass is 10.3. The van der Waals surface area contributed by atoms with Gasteiger partial charge in [-0.3, -0.25) is 9.59 Å². The zero-order valence-corrected chi connectivity index (χ0v) is 12.4. The molecule has 1 aromatic heterocycles. The summed E-state index contributed by atoms with van der Waals surface area (Å²) in [5.41, 5.74) is 0.325. The molecule has 5 nitrogen and oxygen atoms in total. The monoisotopic (exact) mass is 336 g/mol. The first-order valence-corrected chi connectivity index (χ1v) is 6.69. The Kier molecular flexibility index (Phi) is 4.57. The highest BCUT2D eigenvalue weighted by molar-refractivity contribution is 9.10. The fourth-order valence-corrected chi connectivity index (χ4v) is 2.10. The van der Waals surface area contributed by atoms with E-state index >= 15 is 0 Å². The van der Waals surface area contributed by atoms with Crippen molar-refractivity contribution in [3.8, 4) is 5.75 Å². The van der Waals surface area contributed by atoms with Gasteiger partial charge in [-0.2, -0.15) is 0 Å². The Morgan fingerprint density at radius 3 is 2.80 bits per heavy atom. The Labute approximate surface area is 124 Å². The average molecular weight is 337 g/mol. The summed E-state index contributed by atoms with van der Waals surface area (Å²) >= 11 is 3.14. The van der Waals surface area contributed by atoms with Gasteiger partial charge in [-0.05, 0) is 40.2 Å². The van der Waals surface area contributed by atoms with E-state index in [1.165, 1.54) is 11.7 Å². The smallest absolute Gasteiger partial charge is 0.265 e. The molecular weight excluding hydrogens is 324 g/mol. The maximum Gasteiger partial charge on any atom is 0.265 e. The Morgan fingerprint density at radius 1 is 1.30 bits per heavy atom. The van der Waals surface area contributed by atoms with Crippen molar-refractivity contribution in [2.75, 3.05) is 12.4 Å². The van der Waals surface area contributed by atoms with Gasteiger partial charge in [-0.1, -0.05) is 12.1 Å². The van der Waals surface area contributed by atoms with Crippen LogP contribution < -0.4 is 15.6 Å². The van der Waals surface area contributed by atoms with E-state index in [2.05, 4.69) is 21.2 Å². The number of benzene rings is 1. The van der Waals surface area contributed by atoms with Crippen molar-refractivity contribution in [1.29, 1.82) is 0 Å². The van der Waals surface area contributed by atoms with Gasteiger partial charge in [0.05, 0.1) is 17.3 Å². The lowest BCUT2D eigenvalue weighted by molar-refractivity contribution is -0.116. The van der Waals surface area contributed by atoms with Crippen LogP contribution in [0.2, 0.25) is 0 Å². The SMILES string of the molecule is COc1ccccc1NC(=O)Cn1cccc(Br)c1=O. The largest absolute Gasteiger partial charge is 0.495 e. The first-order chi connectivity index (χ1) is 9.61. The van der Waals surface area contributed by atoms with Crippen molar-refractivity contribution < 1.29 is 9.53 Å². The molecule has 0 saturated carbocycles. The molecule has 0 fully saturated rings. The number of pyridine rings is 1. The Balaban J connectivity index is 2.13. The van der Waals surface area contributed by atoms with Crippen LogP contribution in [0.15, 0.2) is 51.9 Å². The zero-order valence-electron chi connectivity index (χ0n) is 10.8. The number of carbonyl (C=O) groups excluding carboxylic acids is 1. The van der Waals surface area contributed by atoms with Crippen LogP contribution in [0.25, 0.3) is 0 Å². The number of rotatable bonds is 4. The Hall–Kier alpha value is -2.08. The number of amides is 1. The summed E-state index contributed by atoms with van der Waals surface area (Å²) in [6.45, 7) is -0.0592. The molecule has 1 aromatic carbocycles. The molecular formula is C14H13BrN2O3. The molecule has 0 aliphatic carbocycles. The molecule has 2 rings (SSSR count). The standard InChI is InChI=1S/C14H13BrN2O3/c1-20-12-7-3-2-6-11(12)16-13(18)9-17-8-4-5-10(15)14(17)19/h2-8H,9H2,1H3,(H,16,18). The molecule has 0 atom stereocenters. The number of para-hydroxylation sites is 2. The molecule has 0 radical (unpaired) electrons. The van der Waals surface area contributed by atoms with Crippen LogP contribution in [0.1, 0.15) is 0 Å². The number of nitrogens with zero attached hydrogens (tertiary/aromatic N) is 1. The van der Waals surface area contributed by atoms with Gasteiger partial charge in [0.15, 0.2) is 0 Å². The Morgan fingerprint density at radius 2 is 2.05 bits per heavy atom. The number of nitrogens with one attached hydrogen (secondary N) is 1. The molecule has 0 aliphatic rings. The van der Waals surface area contributed by atoms with E-state index in [1.54, 1.807) is 36.5 Å². The molecule has 20 heavy (non-hydrogen) atoms. The van der Waals surface area contributed by atoms with Crippen LogP contribution in [0.3, 0.4) is 0 Å². The number of hydrogen-bond donors (Lipinski definition) is 1. The quantitative estimate of drug-likeness (QED) is 0.931. The fourth-order valence-electron chi connectivity index (χ4n) is 1.72. The van der Waals surface area contributed by atoms with E-state index in [0.717, 1.165) is 0 Å². The van der Waals surface area contributed by atoms with Gasteiger partial charge >= 0.3 is 0 Å². The third-order valence-corrected chi connectivity index (χ3v) is 3.27. The maximum atomic E-state index is 12.0. The molecule has 1 heterocycles. The summed E-state index contributed by atoms with van der Waals surface area (Å²) in [6, 6.07) is 10.4. The first-order valence-electron chi connectivity index (χ1n) is 5.89.